The molecule has 6 nitrogen and oxygen atoms in total. The van der Waals surface area contributed by atoms with E-state index in [0.29, 0.717) is 0 Å². The van der Waals surface area contributed by atoms with Crippen molar-refractivity contribution in [3.63, 3.8) is 0 Å². The van der Waals surface area contributed by atoms with Crippen LogP contribution in [0.15, 0.2) is 41.3 Å². The maximum absolute atomic E-state index is 11.3. The molecule has 0 bridgehead atoms. The Morgan fingerprint density at radius 1 is 1.29 bits per heavy atom. The molecule has 17 heavy (non-hydrogen) atoms. The largest absolute Gasteiger partial charge is 0.444 e. The first kappa shape index (κ1) is 11.0. The fourth-order valence-corrected chi connectivity index (χ4v) is 1.27. The van der Waals surface area contributed by atoms with Crippen molar-refractivity contribution in [2.75, 3.05) is 5.32 Å². The highest BCUT2D eigenvalue weighted by Crippen LogP contribution is 2.02. The van der Waals surface area contributed by atoms with Crippen molar-refractivity contribution >= 4 is 11.8 Å². The molecule has 0 saturated carbocycles. The van der Waals surface area contributed by atoms with Crippen LogP contribution in [0.5, 0.6) is 0 Å². The van der Waals surface area contributed by atoms with Crippen LogP contribution in [0, 0.1) is 0 Å². The van der Waals surface area contributed by atoms with Crippen LogP contribution < -0.4 is 10.9 Å². The Hall–Kier alpha value is -2.50. The molecule has 0 aliphatic rings. The highest BCUT2D eigenvalue weighted by atomic mass is 16.5. The van der Waals surface area contributed by atoms with Gasteiger partial charge >= 0.3 is 6.09 Å². The van der Waals surface area contributed by atoms with E-state index in [2.05, 4.69) is 15.5 Å². The van der Waals surface area contributed by atoms with Gasteiger partial charge in [0, 0.05) is 6.20 Å². The Kier molecular flexibility index (Phi) is 3.25. The third kappa shape index (κ3) is 2.97. The Morgan fingerprint density at radius 3 is 2.71 bits per heavy atom. The maximum atomic E-state index is 11.3. The topological polar surface area (TPSA) is 87.0 Å². The Balaban J connectivity index is 1.87. The van der Waals surface area contributed by atoms with Gasteiger partial charge in [0.2, 0.25) is 0 Å². The minimum absolute atomic E-state index is 0.128. The molecule has 1 aromatic carbocycles. The van der Waals surface area contributed by atoms with Gasteiger partial charge in [0.05, 0.1) is 0 Å². The maximum Gasteiger partial charge on any atom is 0.412 e. The molecule has 0 atom stereocenters. The average molecular weight is 233 g/mol. The summed E-state index contributed by atoms with van der Waals surface area (Å²) in [6.07, 6.45) is 0.686. The highest BCUT2D eigenvalue weighted by Gasteiger charge is 2.06. The molecule has 0 fully saturated rings. The van der Waals surface area contributed by atoms with Gasteiger partial charge in [-0.15, -0.1) is 0 Å². The lowest BCUT2D eigenvalue weighted by Gasteiger charge is -2.04. The lowest BCUT2D eigenvalue weighted by molar-refractivity contribution is 0.155. The van der Waals surface area contributed by atoms with Crippen LogP contribution in [0.3, 0.4) is 0 Å². The van der Waals surface area contributed by atoms with Crippen molar-refractivity contribution in [3.8, 4) is 0 Å². The molecule has 6 heteroatoms. The van der Waals surface area contributed by atoms with Crippen LogP contribution in [-0.4, -0.2) is 16.3 Å². The molecule has 0 spiro atoms. The van der Waals surface area contributed by atoms with E-state index in [1.54, 1.807) is 0 Å². The van der Waals surface area contributed by atoms with Crippen LogP contribution >= 0.6 is 0 Å². The van der Waals surface area contributed by atoms with Crippen LogP contribution in [0.25, 0.3) is 0 Å². The molecular weight excluding hydrogens is 222 g/mol. The van der Waals surface area contributed by atoms with Crippen molar-refractivity contribution in [2.24, 2.45) is 0 Å². The number of benzene rings is 1. The molecule has 0 unspecified atom stereocenters. The van der Waals surface area contributed by atoms with E-state index < -0.39 is 11.7 Å². The number of aromatic nitrogens is 2. The number of carbonyl (C=O) groups is 1. The van der Waals surface area contributed by atoms with Crippen molar-refractivity contribution in [2.45, 2.75) is 6.61 Å². The Morgan fingerprint density at radius 2 is 2.06 bits per heavy atom. The second-order valence-corrected chi connectivity index (χ2v) is 3.34. The lowest BCUT2D eigenvalue weighted by atomic mass is 10.2. The van der Waals surface area contributed by atoms with E-state index in [1.807, 2.05) is 30.3 Å². The fourth-order valence-electron chi connectivity index (χ4n) is 1.27. The summed E-state index contributed by atoms with van der Waals surface area (Å²) in [5.74, 6) is 0. The van der Waals surface area contributed by atoms with Crippen molar-refractivity contribution in [1.29, 1.82) is 0 Å². The van der Waals surface area contributed by atoms with Crippen molar-refractivity contribution in [3.05, 3.63) is 52.4 Å². The number of rotatable bonds is 3. The van der Waals surface area contributed by atoms with E-state index >= 15 is 0 Å². The number of nitrogens with one attached hydrogen (secondary N) is 3. The van der Waals surface area contributed by atoms with Gasteiger partial charge in [-0.1, -0.05) is 30.3 Å². The van der Waals surface area contributed by atoms with Crippen LogP contribution in [0.2, 0.25) is 0 Å². The monoisotopic (exact) mass is 233 g/mol. The number of anilines is 1. The van der Waals surface area contributed by atoms with E-state index in [9.17, 15) is 9.59 Å². The normalized spacial score (nSPS) is 9.88. The van der Waals surface area contributed by atoms with Crippen LogP contribution in [0.4, 0.5) is 10.5 Å². The zero-order chi connectivity index (χ0) is 12.1. The fraction of sp³-hybridized carbons (Fsp3) is 0.0909. The second-order valence-electron chi connectivity index (χ2n) is 3.34. The smallest absolute Gasteiger partial charge is 0.412 e. The highest BCUT2D eigenvalue weighted by molar-refractivity contribution is 5.83. The Bertz CT molecular complexity index is 544. The number of H-pyrrole nitrogens is 2. The number of ether oxygens (including phenoxy) is 1. The molecule has 3 N–H and O–H groups in total. The van der Waals surface area contributed by atoms with Crippen LogP contribution in [0.1, 0.15) is 5.56 Å². The molecule has 1 amide bonds. The van der Waals surface area contributed by atoms with Gasteiger partial charge in [-0.2, -0.15) is 0 Å². The first-order valence-corrected chi connectivity index (χ1v) is 4.99. The first-order chi connectivity index (χ1) is 8.25. The van der Waals surface area contributed by atoms with Gasteiger partial charge in [0.15, 0.2) is 0 Å². The average Bonchev–Trinajstić information content (AvgIpc) is 2.74. The summed E-state index contributed by atoms with van der Waals surface area (Å²) in [7, 11) is 0. The summed E-state index contributed by atoms with van der Waals surface area (Å²) >= 11 is 0. The van der Waals surface area contributed by atoms with Crippen LogP contribution in [-0.2, 0) is 11.3 Å². The number of amides is 1. The van der Waals surface area contributed by atoms with E-state index in [0.717, 1.165) is 5.56 Å². The summed E-state index contributed by atoms with van der Waals surface area (Å²) in [6, 6.07) is 9.27. The molecule has 0 aliphatic heterocycles. The summed E-state index contributed by atoms with van der Waals surface area (Å²) in [5.41, 5.74) is 0.607. The van der Waals surface area contributed by atoms with Gasteiger partial charge in [0.1, 0.15) is 12.3 Å². The van der Waals surface area contributed by atoms with Gasteiger partial charge in [-0.3, -0.25) is 15.2 Å². The minimum Gasteiger partial charge on any atom is -0.444 e. The zero-order valence-corrected chi connectivity index (χ0v) is 8.90. The molecule has 1 aromatic heterocycles. The summed E-state index contributed by atoms with van der Waals surface area (Å²) in [6.45, 7) is 0.162. The summed E-state index contributed by atoms with van der Waals surface area (Å²) in [4.78, 5) is 22.4. The molecule has 0 radical (unpaired) electrons. The molecular formula is C11H11N3O3. The van der Waals surface area contributed by atoms with Crippen molar-refractivity contribution in [1.82, 2.24) is 10.2 Å². The zero-order valence-electron chi connectivity index (χ0n) is 8.90. The second kappa shape index (κ2) is 5.02. The predicted octanol–water partition coefficient (Wildman–Crippen LogP) is 1.45. The quantitative estimate of drug-likeness (QED) is 0.749. The predicted molar refractivity (Wildman–Crippen MR) is 61.7 cm³/mol. The van der Waals surface area contributed by atoms with Gasteiger partial charge in [-0.25, -0.2) is 4.79 Å². The number of hydrogen-bond donors (Lipinski definition) is 3. The van der Waals surface area contributed by atoms with Crippen molar-refractivity contribution < 1.29 is 9.53 Å². The van der Waals surface area contributed by atoms with E-state index in [-0.39, 0.29) is 12.3 Å². The molecule has 2 rings (SSSR count). The SMILES string of the molecule is O=C(Nc1c[nH][nH]c1=O)OCc1ccccc1. The van der Waals surface area contributed by atoms with Gasteiger partial charge < -0.3 is 9.84 Å². The minimum atomic E-state index is -0.668. The third-order valence-electron chi connectivity index (χ3n) is 2.10. The molecule has 0 saturated heterocycles. The third-order valence-corrected chi connectivity index (χ3v) is 2.10. The molecule has 0 aliphatic carbocycles. The first-order valence-electron chi connectivity index (χ1n) is 4.99. The standard InChI is InChI=1S/C11H11N3O3/c15-10-9(6-12-14-10)13-11(16)17-7-8-4-2-1-3-5-8/h1-6H,7H2,(H,13,16)(H2,12,14,15). The number of carbonyl (C=O) groups excluding carboxylic acids is 1. The van der Waals surface area contributed by atoms with Gasteiger partial charge in [-0.05, 0) is 5.56 Å². The lowest BCUT2D eigenvalue weighted by Crippen LogP contribution is -2.17. The van der Waals surface area contributed by atoms with E-state index in [1.165, 1.54) is 6.20 Å². The Labute approximate surface area is 96.6 Å². The number of aromatic amines is 2. The molecule has 1 heterocycles. The van der Waals surface area contributed by atoms with E-state index in [4.69, 9.17) is 4.74 Å². The summed E-state index contributed by atoms with van der Waals surface area (Å²) in [5, 5.41) is 7.09. The number of hydrogen-bond acceptors (Lipinski definition) is 3. The molecule has 2 aromatic rings. The summed E-state index contributed by atoms with van der Waals surface area (Å²) < 4.78 is 4.94. The molecule has 88 valence electrons. The van der Waals surface area contributed by atoms with Gasteiger partial charge in [0.25, 0.3) is 5.56 Å².